The maximum Gasteiger partial charge on any atom is 0.136 e. The van der Waals surface area contributed by atoms with E-state index in [0.717, 1.165) is 77.6 Å². The second kappa shape index (κ2) is 18.8. The van der Waals surface area contributed by atoms with E-state index >= 15 is 0 Å². The molecule has 0 spiro atoms. The fraction of sp³-hybridized carbons (Fsp3) is 0.212. The molecule has 0 saturated heterocycles. The summed E-state index contributed by atoms with van der Waals surface area (Å²) in [6.45, 7) is 22.7. The summed E-state index contributed by atoms with van der Waals surface area (Å²) in [5.41, 5.74) is 17.1. The third kappa shape index (κ3) is 8.75. The van der Waals surface area contributed by atoms with Crippen LogP contribution in [-0.2, 0) is 30.9 Å². The standard InChI is InChI=1S/C51H43N2O2.C15H16N.Ir/c1-29(2)38-24-33(31-14-9-8-10-15-31)25-39(30(3)4)47(38)53-48-40-26-34(51(5,6)7)22-20-32(40)21-23-43(48)52-50(53)37-18-13-17-36-42-28-45-41(27-46(42)55-49(36)37)35-16-11-12-19-44(35)54-45;1-15(2,3)13-9-10-16-14(11-13)12-7-5-4-6-8-12;/h8-17,19-30H,1-7H3;4-7,9-11H,1-3H3;/q2*-1;. The Hall–Kier alpha value is -7.11. The number of benzene rings is 8. The van der Waals surface area contributed by atoms with Gasteiger partial charge in [-0.3, -0.25) is 4.98 Å². The summed E-state index contributed by atoms with van der Waals surface area (Å²) in [7, 11) is 0. The van der Waals surface area contributed by atoms with Gasteiger partial charge in [0.1, 0.15) is 16.7 Å². The summed E-state index contributed by atoms with van der Waals surface area (Å²) in [4.78, 5) is 9.93. The van der Waals surface area contributed by atoms with Crippen LogP contribution in [0.15, 0.2) is 173 Å². The summed E-state index contributed by atoms with van der Waals surface area (Å²) in [6.07, 6.45) is 1.87. The first-order valence-electron chi connectivity index (χ1n) is 24.9. The Morgan fingerprint density at radius 1 is 0.528 bits per heavy atom. The normalized spacial score (nSPS) is 12.2. The summed E-state index contributed by atoms with van der Waals surface area (Å²) >= 11 is 0. The monoisotopic (exact) mass is 1120 g/mol. The summed E-state index contributed by atoms with van der Waals surface area (Å²) in [5, 5.41) is 6.52. The molecule has 0 aliphatic carbocycles. The summed E-state index contributed by atoms with van der Waals surface area (Å²) in [5.74, 6) is 1.29. The van der Waals surface area contributed by atoms with Crippen LogP contribution in [0.25, 0.3) is 105 Å². The molecule has 0 N–H and O–H groups in total. The molecule has 0 aliphatic heterocycles. The quantitative estimate of drug-likeness (QED) is 0.156. The van der Waals surface area contributed by atoms with Crippen LogP contribution in [0.1, 0.15) is 103 Å². The molecular weight excluding hydrogens is 1060 g/mol. The van der Waals surface area contributed by atoms with Gasteiger partial charge in [-0.1, -0.05) is 153 Å². The van der Waals surface area contributed by atoms with Crippen LogP contribution >= 0.6 is 0 Å². The van der Waals surface area contributed by atoms with Crippen LogP contribution in [0.3, 0.4) is 0 Å². The molecule has 4 aromatic heterocycles. The van der Waals surface area contributed by atoms with E-state index in [-0.39, 0.29) is 42.8 Å². The number of fused-ring (bicyclic) bond motifs is 9. The van der Waals surface area contributed by atoms with Gasteiger partial charge < -0.3 is 18.4 Å². The molecule has 0 atom stereocenters. The predicted molar refractivity (Wildman–Crippen MR) is 297 cm³/mol. The predicted octanol–water partition coefficient (Wildman–Crippen LogP) is 18.5. The fourth-order valence-corrected chi connectivity index (χ4v) is 10.1. The topological polar surface area (TPSA) is 57.0 Å². The first kappa shape index (κ1) is 48.5. The van der Waals surface area contributed by atoms with Crippen molar-refractivity contribution in [1.29, 1.82) is 0 Å². The van der Waals surface area contributed by atoms with E-state index in [1.54, 1.807) is 0 Å². The number of para-hydroxylation sites is 1. The van der Waals surface area contributed by atoms with Crippen molar-refractivity contribution in [1.82, 2.24) is 14.5 Å². The van der Waals surface area contributed by atoms with Gasteiger partial charge in [0.15, 0.2) is 0 Å². The molecule has 8 aromatic carbocycles. The summed E-state index contributed by atoms with van der Waals surface area (Å²) in [6, 6.07) is 62.4. The van der Waals surface area contributed by atoms with E-state index < -0.39 is 0 Å². The van der Waals surface area contributed by atoms with Gasteiger partial charge in [0.25, 0.3) is 0 Å². The Balaban J connectivity index is 0.000000300. The number of nitrogens with zero attached hydrogens (tertiary/aromatic N) is 3. The average molecular weight is 1120 g/mol. The van der Waals surface area contributed by atoms with Crippen LogP contribution in [0.5, 0.6) is 0 Å². The fourth-order valence-electron chi connectivity index (χ4n) is 10.1. The number of rotatable bonds is 6. The van der Waals surface area contributed by atoms with Crippen molar-refractivity contribution < 1.29 is 28.9 Å². The SMILES string of the molecule is CC(C)(C)c1ccnc(-c2[c-]cccc2)c1.CC(C)c1cc(-c2ccccc2)cc(C(C)C)c1-n1c(-c2[c-]ccc3c2oc2cc4c(cc23)oc2ccccc24)nc2ccc3ccc(C(C)(C)C)cc3c21.[Ir]. The third-order valence-corrected chi connectivity index (χ3v) is 14.0. The molecule has 1 radical (unpaired) electrons. The largest absolute Gasteiger partial charge is 0.501 e. The van der Waals surface area contributed by atoms with Gasteiger partial charge in [0.2, 0.25) is 0 Å². The Labute approximate surface area is 436 Å². The zero-order chi connectivity index (χ0) is 49.3. The van der Waals surface area contributed by atoms with Gasteiger partial charge in [-0.2, -0.15) is 0 Å². The second-order valence-corrected chi connectivity index (χ2v) is 21.7. The van der Waals surface area contributed by atoms with E-state index in [1.165, 1.54) is 49.8 Å². The van der Waals surface area contributed by atoms with E-state index in [1.807, 2.05) is 48.7 Å². The average Bonchev–Trinajstić information content (AvgIpc) is 4.06. The summed E-state index contributed by atoms with van der Waals surface area (Å²) < 4.78 is 15.7. The van der Waals surface area contributed by atoms with Gasteiger partial charge >= 0.3 is 0 Å². The Morgan fingerprint density at radius 3 is 1.88 bits per heavy atom. The Morgan fingerprint density at radius 2 is 1.18 bits per heavy atom. The van der Waals surface area contributed by atoms with Crippen LogP contribution < -0.4 is 0 Å². The number of hydrogen-bond acceptors (Lipinski definition) is 4. The molecule has 5 nitrogen and oxygen atoms in total. The van der Waals surface area contributed by atoms with Crippen LogP contribution in [0, 0.1) is 12.1 Å². The first-order valence-corrected chi connectivity index (χ1v) is 24.9. The van der Waals surface area contributed by atoms with Crippen molar-refractivity contribution in [2.24, 2.45) is 0 Å². The number of furan rings is 2. The molecule has 0 saturated carbocycles. The third-order valence-electron chi connectivity index (χ3n) is 14.0. The van der Waals surface area contributed by atoms with Crippen LogP contribution in [0.2, 0.25) is 0 Å². The molecule has 0 fully saturated rings. The van der Waals surface area contributed by atoms with Crippen molar-refractivity contribution in [3.63, 3.8) is 0 Å². The zero-order valence-corrected chi connectivity index (χ0v) is 45.1. The molecule has 0 amide bonds. The Bertz CT molecular complexity index is 3930. The molecule has 4 heterocycles. The van der Waals surface area contributed by atoms with E-state index in [4.69, 9.17) is 13.8 Å². The molecule has 361 valence electrons. The minimum atomic E-state index is -0.0221. The van der Waals surface area contributed by atoms with Crippen LogP contribution in [-0.4, -0.2) is 14.5 Å². The minimum absolute atomic E-state index is 0. The minimum Gasteiger partial charge on any atom is -0.501 e. The second-order valence-electron chi connectivity index (χ2n) is 21.7. The van der Waals surface area contributed by atoms with Gasteiger partial charge in [-0.25, -0.2) is 0 Å². The molecule has 12 aromatic rings. The maximum absolute atomic E-state index is 6.91. The smallest absolute Gasteiger partial charge is 0.136 e. The number of hydrogen-bond donors (Lipinski definition) is 0. The van der Waals surface area contributed by atoms with Gasteiger partial charge in [-0.15, -0.1) is 54.1 Å². The number of pyridine rings is 1. The molecule has 6 heteroatoms. The van der Waals surface area contributed by atoms with Crippen molar-refractivity contribution in [3.8, 4) is 39.5 Å². The van der Waals surface area contributed by atoms with Gasteiger partial charge in [0, 0.05) is 53.5 Å². The van der Waals surface area contributed by atoms with E-state index in [9.17, 15) is 0 Å². The first-order chi connectivity index (χ1) is 34.1. The van der Waals surface area contributed by atoms with Crippen molar-refractivity contribution in [3.05, 3.63) is 198 Å². The molecule has 0 aliphatic rings. The number of aromatic nitrogens is 3. The molecule has 72 heavy (non-hydrogen) atoms. The molecule has 0 unspecified atom stereocenters. The van der Waals surface area contributed by atoms with Crippen molar-refractivity contribution in [2.45, 2.75) is 91.9 Å². The molecular formula is C66H59IrN3O2-2. The Kier molecular flexibility index (Phi) is 12.7. The van der Waals surface area contributed by atoms with E-state index in [0.29, 0.717) is 0 Å². The molecule has 12 rings (SSSR count). The zero-order valence-electron chi connectivity index (χ0n) is 42.7. The van der Waals surface area contributed by atoms with Crippen molar-refractivity contribution in [2.75, 3.05) is 0 Å². The van der Waals surface area contributed by atoms with Crippen molar-refractivity contribution >= 4 is 65.7 Å². The number of imidazole rings is 1. The van der Waals surface area contributed by atoms with Gasteiger partial charge in [0.05, 0.1) is 22.4 Å². The van der Waals surface area contributed by atoms with E-state index in [2.05, 4.69) is 206 Å². The van der Waals surface area contributed by atoms with Gasteiger partial charge in [-0.05, 0) is 116 Å². The molecule has 0 bridgehead atoms. The van der Waals surface area contributed by atoms with Crippen LogP contribution in [0.4, 0.5) is 0 Å². The maximum atomic E-state index is 6.91.